The minimum atomic E-state index is 0.370. The highest BCUT2D eigenvalue weighted by Crippen LogP contribution is 2.30. The third kappa shape index (κ3) is 1.80. The molecule has 1 aromatic heterocycles. The molecule has 94 valence electrons. The van der Waals surface area contributed by atoms with Crippen molar-refractivity contribution in [3.05, 3.63) is 46.6 Å². The first-order chi connectivity index (χ1) is 8.65. The van der Waals surface area contributed by atoms with Crippen LogP contribution in [0, 0.1) is 20.8 Å². The Labute approximate surface area is 108 Å². The van der Waals surface area contributed by atoms with Crippen LogP contribution in [-0.2, 0) is 0 Å². The standard InChI is InChI=1S/C15H19N3/c1-10-4-5-13(8-11(10)2)14-6-7-16-15-9-12(3)17-18(14)15/h4-5,8-9,14,16H,6-7H2,1-3H3. The van der Waals surface area contributed by atoms with Crippen molar-refractivity contribution in [2.75, 3.05) is 11.9 Å². The minimum Gasteiger partial charge on any atom is -0.370 e. The van der Waals surface area contributed by atoms with Crippen LogP contribution >= 0.6 is 0 Å². The lowest BCUT2D eigenvalue weighted by Gasteiger charge is -2.26. The van der Waals surface area contributed by atoms with Crippen molar-refractivity contribution < 1.29 is 0 Å². The molecule has 3 nitrogen and oxygen atoms in total. The summed E-state index contributed by atoms with van der Waals surface area (Å²) in [7, 11) is 0. The lowest BCUT2D eigenvalue weighted by molar-refractivity contribution is 0.479. The first kappa shape index (κ1) is 11.3. The average Bonchev–Trinajstić information content (AvgIpc) is 2.72. The van der Waals surface area contributed by atoms with Gasteiger partial charge in [-0.25, -0.2) is 4.68 Å². The molecule has 1 atom stereocenters. The van der Waals surface area contributed by atoms with Gasteiger partial charge in [-0.3, -0.25) is 0 Å². The van der Waals surface area contributed by atoms with Gasteiger partial charge < -0.3 is 5.32 Å². The van der Waals surface area contributed by atoms with E-state index in [0.29, 0.717) is 6.04 Å². The van der Waals surface area contributed by atoms with Crippen molar-refractivity contribution in [2.24, 2.45) is 0 Å². The molecule has 18 heavy (non-hydrogen) atoms. The topological polar surface area (TPSA) is 29.9 Å². The van der Waals surface area contributed by atoms with Crippen molar-refractivity contribution in [3.8, 4) is 0 Å². The van der Waals surface area contributed by atoms with Gasteiger partial charge in [-0.15, -0.1) is 0 Å². The predicted octanol–water partition coefficient (Wildman–Crippen LogP) is 3.21. The van der Waals surface area contributed by atoms with Gasteiger partial charge in [0.1, 0.15) is 5.82 Å². The van der Waals surface area contributed by atoms with Crippen LogP contribution in [0.3, 0.4) is 0 Å². The lowest BCUT2D eigenvalue weighted by atomic mass is 9.98. The maximum atomic E-state index is 4.62. The molecule has 2 aromatic rings. The van der Waals surface area contributed by atoms with Crippen LogP contribution in [-0.4, -0.2) is 16.3 Å². The van der Waals surface area contributed by atoms with Crippen LogP contribution in [0.25, 0.3) is 0 Å². The zero-order valence-corrected chi connectivity index (χ0v) is 11.2. The number of aromatic nitrogens is 2. The van der Waals surface area contributed by atoms with Crippen LogP contribution in [0.1, 0.15) is 34.8 Å². The smallest absolute Gasteiger partial charge is 0.125 e. The molecule has 0 amide bonds. The maximum Gasteiger partial charge on any atom is 0.125 e. The van der Waals surface area contributed by atoms with Gasteiger partial charge in [0.25, 0.3) is 0 Å². The van der Waals surface area contributed by atoms with E-state index >= 15 is 0 Å². The Kier molecular flexibility index (Phi) is 2.62. The molecule has 1 aliphatic rings. The molecular weight excluding hydrogens is 222 g/mol. The largest absolute Gasteiger partial charge is 0.370 e. The van der Waals surface area contributed by atoms with E-state index in [-0.39, 0.29) is 0 Å². The third-order valence-electron chi connectivity index (χ3n) is 3.79. The fraction of sp³-hybridized carbons (Fsp3) is 0.400. The fourth-order valence-corrected chi connectivity index (χ4v) is 2.63. The van der Waals surface area contributed by atoms with Crippen molar-refractivity contribution in [1.29, 1.82) is 0 Å². The van der Waals surface area contributed by atoms with Gasteiger partial charge in [-0.2, -0.15) is 5.10 Å². The van der Waals surface area contributed by atoms with E-state index in [1.165, 1.54) is 16.7 Å². The number of aryl methyl sites for hydroxylation is 3. The van der Waals surface area contributed by atoms with Gasteiger partial charge in [0, 0.05) is 12.6 Å². The Morgan fingerprint density at radius 3 is 2.78 bits per heavy atom. The van der Waals surface area contributed by atoms with Gasteiger partial charge in [0.2, 0.25) is 0 Å². The molecule has 2 heterocycles. The molecule has 3 rings (SSSR count). The minimum absolute atomic E-state index is 0.370. The van der Waals surface area contributed by atoms with Crippen LogP contribution in [0.5, 0.6) is 0 Å². The summed E-state index contributed by atoms with van der Waals surface area (Å²) in [4.78, 5) is 0. The second-order valence-corrected chi connectivity index (χ2v) is 5.19. The van der Waals surface area contributed by atoms with Crippen molar-refractivity contribution in [3.63, 3.8) is 0 Å². The summed E-state index contributed by atoms with van der Waals surface area (Å²) in [6, 6.07) is 9.23. The van der Waals surface area contributed by atoms with Crippen LogP contribution in [0.4, 0.5) is 5.82 Å². The van der Waals surface area contributed by atoms with E-state index in [1.54, 1.807) is 0 Å². The molecule has 0 saturated heterocycles. The van der Waals surface area contributed by atoms with E-state index in [4.69, 9.17) is 0 Å². The lowest BCUT2D eigenvalue weighted by Crippen LogP contribution is -2.24. The Morgan fingerprint density at radius 2 is 2.00 bits per heavy atom. The Balaban J connectivity index is 2.05. The molecule has 3 heteroatoms. The van der Waals surface area contributed by atoms with Crippen LogP contribution in [0.2, 0.25) is 0 Å². The summed E-state index contributed by atoms with van der Waals surface area (Å²) in [6.07, 6.45) is 1.09. The number of nitrogens with one attached hydrogen (secondary N) is 1. The predicted molar refractivity (Wildman–Crippen MR) is 74.1 cm³/mol. The van der Waals surface area contributed by atoms with E-state index in [1.807, 2.05) is 6.92 Å². The second kappa shape index (κ2) is 4.16. The monoisotopic (exact) mass is 241 g/mol. The number of benzene rings is 1. The first-order valence-electron chi connectivity index (χ1n) is 6.52. The second-order valence-electron chi connectivity index (χ2n) is 5.19. The fourth-order valence-electron chi connectivity index (χ4n) is 2.63. The van der Waals surface area contributed by atoms with E-state index in [9.17, 15) is 0 Å². The Bertz CT molecular complexity index is 583. The van der Waals surface area contributed by atoms with Crippen LogP contribution in [0.15, 0.2) is 24.3 Å². The summed E-state index contributed by atoms with van der Waals surface area (Å²) in [6.45, 7) is 7.40. The maximum absolute atomic E-state index is 4.62. The molecule has 0 aliphatic carbocycles. The Hall–Kier alpha value is -1.77. The number of rotatable bonds is 1. The molecule has 1 unspecified atom stereocenters. The van der Waals surface area contributed by atoms with Crippen molar-refractivity contribution >= 4 is 5.82 Å². The summed E-state index contributed by atoms with van der Waals surface area (Å²) >= 11 is 0. The molecule has 1 aliphatic heterocycles. The zero-order valence-electron chi connectivity index (χ0n) is 11.2. The summed E-state index contributed by atoms with van der Waals surface area (Å²) < 4.78 is 2.13. The highest BCUT2D eigenvalue weighted by molar-refractivity contribution is 5.42. The number of hydrogen-bond donors (Lipinski definition) is 1. The SMILES string of the molecule is Cc1cc2n(n1)C(c1ccc(C)c(C)c1)CCN2. The van der Waals surface area contributed by atoms with E-state index < -0.39 is 0 Å². The quantitative estimate of drug-likeness (QED) is 0.830. The molecule has 0 spiro atoms. The zero-order chi connectivity index (χ0) is 12.7. The summed E-state index contributed by atoms with van der Waals surface area (Å²) in [5.74, 6) is 1.14. The average molecular weight is 241 g/mol. The first-order valence-corrected chi connectivity index (χ1v) is 6.52. The molecule has 0 bridgehead atoms. The highest BCUT2D eigenvalue weighted by Gasteiger charge is 2.22. The Morgan fingerprint density at radius 1 is 1.17 bits per heavy atom. The molecule has 0 saturated carbocycles. The van der Waals surface area contributed by atoms with Gasteiger partial charge >= 0.3 is 0 Å². The number of hydrogen-bond acceptors (Lipinski definition) is 2. The molecule has 0 radical (unpaired) electrons. The van der Waals surface area contributed by atoms with Gasteiger partial charge in [-0.1, -0.05) is 18.2 Å². The number of nitrogens with zero attached hydrogens (tertiary/aromatic N) is 2. The van der Waals surface area contributed by atoms with E-state index in [0.717, 1.165) is 24.5 Å². The van der Waals surface area contributed by atoms with Crippen molar-refractivity contribution in [2.45, 2.75) is 33.2 Å². The highest BCUT2D eigenvalue weighted by atomic mass is 15.4. The van der Waals surface area contributed by atoms with Gasteiger partial charge in [0.15, 0.2) is 0 Å². The van der Waals surface area contributed by atoms with Gasteiger partial charge in [0.05, 0.1) is 11.7 Å². The van der Waals surface area contributed by atoms with E-state index in [2.05, 4.69) is 53.2 Å². The number of anilines is 1. The number of fused-ring (bicyclic) bond motifs is 1. The van der Waals surface area contributed by atoms with Crippen molar-refractivity contribution in [1.82, 2.24) is 9.78 Å². The van der Waals surface area contributed by atoms with Gasteiger partial charge in [-0.05, 0) is 43.9 Å². The summed E-state index contributed by atoms with van der Waals surface area (Å²) in [5.41, 5.74) is 5.15. The third-order valence-corrected chi connectivity index (χ3v) is 3.79. The summed E-state index contributed by atoms with van der Waals surface area (Å²) in [5, 5.41) is 8.02. The normalized spacial score (nSPS) is 18.3. The molecule has 1 aromatic carbocycles. The molecule has 1 N–H and O–H groups in total. The molecule has 0 fully saturated rings. The molecular formula is C15H19N3. The van der Waals surface area contributed by atoms with Crippen LogP contribution < -0.4 is 5.32 Å².